The van der Waals surface area contributed by atoms with E-state index in [-0.39, 0.29) is 50.4 Å². The molecule has 0 rings (SSSR count). The van der Waals surface area contributed by atoms with Crippen molar-refractivity contribution in [2.45, 2.75) is 244 Å². The van der Waals surface area contributed by atoms with Gasteiger partial charge < -0.3 is 42.0 Å². The number of rotatable bonds is 48. The summed E-state index contributed by atoms with van der Waals surface area (Å²) < 4.78 is 11.4. The van der Waals surface area contributed by atoms with Gasteiger partial charge in [0.2, 0.25) is 23.6 Å². The average Bonchev–Trinajstić information content (AvgIpc) is 3.29. The number of aliphatic hydroxyl groups is 1. The molecule has 0 bridgehead atoms. The smallest absolute Gasteiger partial charge is 0.306 e. The molecule has 0 aromatic heterocycles. The Morgan fingerprint density at radius 3 is 1.49 bits per heavy atom. The number of ether oxygens (including phenoxy) is 2. The van der Waals surface area contributed by atoms with Crippen LogP contribution < -0.4 is 27.4 Å². The van der Waals surface area contributed by atoms with Gasteiger partial charge in [0, 0.05) is 31.6 Å². The van der Waals surface area contributed by atoms with Crippen LogP contribution in [0.5, 0.6) is 0 Å². The highest BCUT2D eigenvalue weighted by atomic mass is 32.2. The maximum atomic E-state index is 12.9. The number of hydrogen-bond acceptors (Lipinski definition) is 11. The molecule has 0 spiro atoms. The summed E-state index contributed by atoms with van der Waals surface area (Å²) in [6, 6.07) is -2.12. The highest BCUT2D eigenvalue weighted by molar-refractivity contribution is 7.99. The minimum atomic E-state index is -1.17. The van der Waals surface area contributed by atoms with Gasteiger partial charge in [0.25, 0.3) is 0 Å². The standard InChI is InChI=1S/C50H95N5O9S/c1-3-5-7-9-11-13-15-17-19-21-23-25-29-33-47(59)63-40-42(64-48(60)34-30-26-24-22-20-18-16-14-12-10-8-6-4-2)41-65-37-35-43(51)49(61)55-44(39-56)50(62)53-36-31-27-28-32-46(58)54-38-45(52)57/h42-44,56H,3-41,51H2,1-2H3,(H2,52,57)(H,53,62)(H,54,58)(H,55,61). The fourth-order valence-electron chi connectivity index (χ4n) is 7.42. The number of amides is 4. The Morgan fingerprint density at radius 2 is 1.02 bits per heavy atom. The monoisotopic (exact) mass is 942 g/mol. The number of esters is 2. The molecule has 0 aromatic carbocycles. The second-order valence-corrected chi connectivity index (χ2v) is 19.0. The number of thioether (sulfide) groups is 1. The van der Waals surface area contributed by atoms with Crippen molar-refractivity contribution in [3.05, 3.63) is 0 Å². The zero-order valence-electron chi connectivity index (χ0n) is 41.1. The molecule has 0 aliphatic heterocycles. The van der Waals surface area contributed by atoms with Gasteiger partial charge in [-0.25, -0.2) is 0 Å². The molecule has 0 saturated carbocycles. The summed E-state index contributed by atoms with van der Waals surface area (Å²) in [5.74, 6) is -1.80. The van der Waals surface area contributed by atoms with E-state index in [4.69, 9.17) is 20.9 Å². The van der Waals surface area contributed by atoms with Gasteiger partial charge in [-0.3, -0.25) is 28.8 Å². The van der Waals surface area contributed by atoms with Crippen molar-refractivity contribution in [1.29, 1.82) is 0 Å². The van der Waals surface area contributed by atoms with Crippen LogP contribution in [0.3, 0.4) is 0 Å². The Bertz CT molecular complexity index is 1210. The molecule has 8 N–H and O–H groups in total. The number of nitrogens with one attached hydrogen (secondary N) is 3. The van der Waals surface area contributed by atoms with E-state index in [9.17, 15) is 33.9 Å². The summed E-state index contributed by atoms with van der Waals surface area (Å²) >= 11 is 1.44. The van der Waals surface area contributed by atoms with Crippen LogP contribution in [0.4, 0.5) is 0 Å². The van der Waals surface area contributed by atoms with Gasteiger partial charge in [0.05, 0.1) is 19.2 Å². The van der Waals surface area contributed by atoms with E-state index in [1.165, 1.54) is 140 Å². The van der Waals surface area contributed by atoms with Crippen LogP contribution in [0.25, 0.3) is 0 Å². The maximum Gasteiger partial charge on any atom is 0.306 e. The van der Waals surface area contributed by atoms with Crippen LogP contribution in [0.1, 0.15) is 226 Å². The van der Waals surface area contributed by atoms with E-state index < -0.39 is 42.5 Å². The first-order valence-electron chi connectivity index (χ1n) is 26.0. The molecule has 0 fully saturated rings. The third-order valence-corrected chi connectivity index (χ3v) is 12.7. The third-order valence-electron chi connectivity index (χ3n) is 11.6. The van der Waals surface area contributed by atoms with Crippen molar-refractivity contribution in [2.24, 2.45) is 11.5 Å². The molecule has 0 heterocycles. The quantitative estimate of drug-likeness (QED) is 0.0250. The van der Waals surface area contributed by atoms with Crippen molar-refractivity contribution < 1.29 is 43.3 Å². The molecule has 3 unspecified atom stereocenters. The van der Waals surface area contributed by atoms with Crippen LogP contribution in [-0.4, -0.2) is 96.7 Å². The Morgan fingerprint density at radius 1 is 0.569 bits per heavy atom. The predicted molar refractivity (Wildman–Crippen MR) is 264 cm³/mol. The van der Waals surface area contributed by atoms with E-state index in [1.54, 1.807) is 0 Å². The minimum absolute atomic E-state index is 0.0270. The molecule has 0 aromatic rings. The maximum absolute atomic E-state index is 12.9. The van der Waals surface area contributed by atoms with Crippen LogP contribution in [-0.2, 0) is 38.2 Å². The molecule has 3 atom stereocenters. The minimum Gasteiger partial charge on any atom is -0.462 e. The van der Waals surface area contributed by atoms with Gasteiger partial charge >= 0.3 is 11.9 Å². The zero-order chi connectivity index (χ0) is 48.0. The second kappa shape index (κ2) is 46.2. The molecular weight excluding hydrogens is 847 g/mol. The zero-order valence-corrected chi connectivity index (χ0v) is 41.9. The summed E-state index contributed by atoms with van der Waals surface area (Å²) in [6.07, 6.45) is 34.1. The first-order valence-corrected chi connectivity index (χ1v) is 27.1. The lowest BCUT2D eigenvalue weighted by atomic mass is 10.0. The average molecular weight is 942 g/mol. The predicted octanol–water partition coefficient (Wildman–Crippen LogP) is 8.61. The number of nitrogens with two attached hydrogens (primary N) is 2. The van der Waals surface area contributed by atoms with E-state index in [0.29, 0.717) is 43.6 Å². The Hall–Kier alpha value is -2.91. The SMILES string of the molecule is CCCCCCCCCCCCCCCC(=O)OCC(CSCCC(N)C(=O)NC(CO)C(=O)NCCCCCC(=O)NCC(N)=O)OC(=O)CCCCCCCCCCCCCCC. The molecule has 0 radical (unpaired) electrons. The van der Waals surface area contributed by atoms with E-state index >= 15 is 0 Å². The molecule has 380 valence electrons. The molecule has 0 aliphatic rings. The fraction of sp³-hybridized carbons (Fsp3) is 0.880. The molecule has 4 amide bonds. The second-order valence-electron chi connectivity index (χ2n) is 17.8. The molecular formula is C50H95N5O9S. The van der Waals surface area contributed by atoms with Gasteiger partial charge in [-0.1, -0.05) is 174 Å². The van der Waals surface area contributed by atoms with Crippen LogP contribution in [0, 0.1) is 0 Å². The normalized spacial score (nSPS) is 12.6. The Kier molecular flexibility index (Phi) is 44.1. The summed E-state index contributed by atoms with van der Waals surface area (Å²) in [4.78, 5) is 73.4. The van der Waals surface area contributed by atoms with E-state index in [2.05, 4.69) is 29.8 Å². The number of carbonyl (C=O) groups excluding carboxylic acids is 6. The summed E-state index contributed by atoms with van der Waals surface area (Å²) in [5.41, 5.74) is 11.2. The van der Waals surface area contributed by atoms with Crippen molar-refractivity contribution in [3.63, 3.8) is 0 Å². The number of hydrogen-bond donors (Lipinski definition) is 6. The highest BCUT2D eigenvalue weighted by Crippen LogP contribution is 2.16. The van der Waals surface area contributed by atoms with Crippen molar-refractivity contribution in [3.8, 4) is 0 Å². The summed E-state index contributed by atoms with van der Waals surface area (Å²) in [6.45, 7) is 3.94. The number of primary amides is 1. The first kappa shape index (κ1) is 62.1. The number of carbonyl (C=O) groups is 6. The van der Waals surface area contributed by atoms with Gasteiger partial charge in [-0.15, -0.1) is 0 Å². The highest BCUT2D eigenvalue weighted by Gasteiger charge is 2.23. The van der Waals surface area contributed by atoms with Crippen molar-refractivity contribution >= 4 is 47.3 Å². The molecule has 14 nitrogen and oxygen atoms in total. The van der Waals surface area contributed by atoms with Gasteiger partial charge in [0.1, 0.15) is 18.8 Å². The fourth-order valence-corrected chi connectivity index (χ4v) is 8.43. The van der Waals surface area contributed by atoms with E-state index in [1.807, 2.05) is 0 Å². The molecule has 0 saturated heterocycles. The summed E-state index contributed by atoms with van der Waals surface area (Å²) in [7, 11) is 0. The molecule has 15 heteroatoms. The van der Waals surface area contributed by atoms with Crippen LogP contribution >= 0.6 is 11.8 Å². The Labute approximate surface area is 398 Å². The number of aliphatic hydroxyl groups excluding tert-OH is 1. The lowest BCUT2D eigenvalue weighted by Gasteiger charge is -2.20. The van der Waals surface area contributed by atoms with Crippen molar-refractivity contribution in [2.75, 3.05) is 37.8 Å². The van der Waals surface area contributed by atoms with Gasteiger partial charge in [-0.2, -0.15) is 11.8 Å². The van der Waals surface area contributed by atoms with Crippen molar-refractivity contribution in [1.82, 2.24) is 16.0 Å². The topological polar surface area (TPSA) is 229 Å². The van der Waals surface area contributed by atoms with Gasteiger partial charge in [-0.05, 0) is 37.9 Å². The van der Waals surface area contributed by atoms with Gasteiger partial charge in [0.15, 0.2) is 0 Å². The number of unbranched alkanes of at least 4 members (excludes halogenated alkanes) is 26. The summed E-state index contributed by atoms with van der Waals surface area (Å²) in [5, 5.41) is 17.4. The molecule has 65 heavy (non-hydrogen) atoms. The lowest BCUT2D eigenvalue weighted by molar-refractivity contribution is -0.157. The van der Waals surface area contributed by atoms with Crippen LogP contribution in [0.2, 0.25) is 0 Å². The third kappa shape index (κ3) is 42.2. The first-order chi connectivity index (χ1) is 31.5. The largest absolute Gasteiger partial charge is 0.462 e. The Balaban J connectivity index is 4.67. The van der Waals surface area contributed by atoms with E-state index in [0.717, 1.165) is 38.5 Å². The lowest BCUT2D eigenvalue weighted by Crippen LogP contribution is -2.53. The van der Waals surface area contributed by atoms with Crippen LogP contribution in [0.15, 0.2) is 0 Å². The molecule has 0 aliphatic carbocycles.